The number of carboxylic acid groups (broad SMARTS) is 1. The van der Waals surface area contributed by atoms with E-state index in [4.69, 9.17) is 9.52 Å². The molecule has 1 aliphatic heterocycles. The molecule has 1 N–H and O–H groups in total. The average molecular weight is 361 g/mol. The molecule has 1 atom stereocenters. The molecule has 128 valence electrons. The van der Waals surface area contributed by atoms with Gasteiger partial charge in [0.25, 0.3) is 0 Å². The van der Waals surface area contributed by atoms with Gasteiger partial charge in [0.15, 0.2) is 5.17 Å². The second-order valence-electron chi connectivity index (χ2n) is 5.00. The second-order valence-corrected chi connectivity index (χ2v) is 6.17. The number of benzene rings is 1. The minimum absolute atomic E-state index is 0.214. The number of amides is 1. The van der Waals surface area contributed by atoms with Crippen molar-refractivity contribution in [1.82, 2.24) is 0 Å². The highest BCUT2D eigenvalue weighted by atomic mass is 32.2. The van der Waals surface area contributed by atoms with E-state index in [0.29, 0.717) is 11.4 Å². The molecule has 2 heterocycles. The summed E-state index contributed by atoms with van der Waals surface area (Å²) in [6, 6.07) is 8.63. The van der Waals surface area contributed by atoms with Gasteiger partial charge in [0.2, 0.25) is 5.91 Å². The highest BCUT2D eigenvalue weighted by Gasteiger charge is 2.40. The van der Waals surface area contributed by atoms with Crippen molar-refractivity contribution in [2.24, 2.45) is 10.2 Å². The van der Waals surface area contributed by atoms with Crippen LogP contribution in [0.4, 0.5) is 10.1 Å². The normalized spacial score (nSPS) is 19.2. The molecule has 1 fully saturated rings. The average Bonchev–Trinajstić information content (AvgIpc) is 3.18. The van der Waals surface area contributed by atoms with Gasteiger partial charge in [-0.15, -0.1) is 5.10 Å². The van der Waals surface area contributed by atoms with E-state index in [1.54, 1.807) is 12.1 Å². The van der Waals surface area contributed by atoms with Crippen LogP contribution in [0.3, 0.4) is 0 Å². The number of anilines is 1. The van der Waals surface area contributed by atoms with Crippen LogP contribution in [0.2, 0.25) is 0 Å². The van der Waals surface area contributed by atoms with Gasteiger partial charge >= 0.3 is 5.97 Å². The van der Waals surface area contributed by atoms with Crippen molar-refractivity contribution < 1.29 is 23.5 Å². The van der Waals surface area contributed by atoms with E-state index < -0.39 is 22.9 Å². The van der Waals surface area contributed by atoms with Gasteiger partial charge in [-0.2, -0.15) is 5.10 Å². The third kappa shape index (κ3) is 3.94. The van der Waals surface area contributed by atoms with Gasteiger partial charge in [-0.05, 0) is 36.4 Å². The quantitative estimate of drug-likeness (QED) is 0.653. The van der Waals surface area contributed by atoms with Gasteiger partial charge in [0, 0.05) is 0 Å². The number of rotatable bonds is 5. The van der Waals surface area contributed by atoms with Crippen LogP contribution in [0.15, 0.2) is 57.3 Å². The van der Waals surface area contributed by atoms with Crippen molar-refractivity contribution in [3.63, 3.8) is 0 Å². The van der Waals surface area contributed by atoms with Crippen LogP contribution < -0.4 is 4.90 Å². The molecule has 1 aromatic carbocycles. The predicted molar refractivity (Wildman–Crippen MR) is 91.3 cm³/mol. The Morgan fingerprint density at radius 3 is 2.76 bits per heavy atom. The van der Waals surface area contributed by atoms with Crippen LogP contribution in [0.5, 0.6) is 0 Å². The Hall–Kier alpha value is -2.94. The zero-order valence-electron chi connectivity index (χ0n) is 12.7. The number of halogens is 1. The molecule has 9 heteroatoms. The molecule has 0 spiro atoms. The highest BCUT2D eigenvalue weighted by Crippen LogP contribution is 2.33. The Balaban J connectivity index is 1.90. The number of aliphatic carboxylic acids is 1. The molecule has 0 bridgehead atoms. The number of carbonyl (C=O) groups excluding carboxylic acids is 1. The molecule has 7 nitrogen and oxygen atoms in total. The number of furan rings is 1. The molecule has 2 aromatic rings. The van der Waals surface area contributed by atoms with E-state index in [2.05, 4.69) is 10.2 Å². The number of thioether (sulfide) groups is 1. The van der Waals surface area contributed by atoms with Crippen molar-refractivity contribution in [1.29, 1.82) is 0 Å². The lowest BCUT2D eigenvalue weighted by molar-refractivity contribution is -0.138. The Morgan fingerprint density at radius 2 is 2.12 bits per heavy atom. The number of amidine groups is 1. The molecular weight excluding hydrogens is 349 g/mol. The van der Waals surface area contributed by atoms with E-state index in [9.17, 15) is 14.0 Å². The summed E-state index contributed by atoms with van der Waals surface area (Å²) in [6.07, 6.45) is 2.50. The van der Waals surface area contributed by atoms with E-state index in [1.807, 2.05) is 0 Å². The lowest BCUT2D eigenvalue weighted by Gasteiger charge is -2.15. The Kier molecular flexibility index (Phi) is 4.94. The molecule has 25 heavy (non-hydrogen) atoms. The summed E-state index contributed by atoms with van der Waals surface area (Å²) in [5, 5.41) is 16.2. The molecule has 1 saturated heterocycles. The van der Waals surface area contributed by atoms with Crippen molar-refractivity contribution in [2.45, 2.75) is 11.7 Å². The van der Waals surface area contributed by atoms with Crippen LogP contribution in [0, 0.1) is 5.82 Å². The summed E-state index contributed by atoms with van der Waals surface area (Å²) in [5.41, 5.74) is 0.388. The second kappa shape index (κ2) is 7.31. The molecule has 1 unspecified atom stereocenters. The first-order valence-electron chi connectivity index (χ1n) is 7.17. The van der Waals surface area contributed by atoms with Crippen molar-refractivity contribution in [2.75, 3.05) is 4.90 Å². The smallest absolute Gasteiger partial charge is 0.305 e. The topological polar surface area (TPSA) is 95.5 Å². The van der Waals surface area contributed by atoms with Gasteiger partial charge in [-0.3, -0.25) is 14.5 Å². The maximum absolute atomic E-state index is 13.1. The maximum Gasteiger partial charge on any atom is 0.305 e. The number of carboxylic acids is 1. The van der Waals surface area contributed by atoms with Crippen LogP contribution in [0.1, 0.15) is 12.2 Å². The standard InChI is InChI=1S/C16H12FN3O4S/c17-10-3-5-11(6-4-10)20-15(23)13(8-14(21)22)25-16(20)19-18-9-12-2-1-7-24-12/h1-7,9,13H,8H2,(H,21,22). The fourth-order valence-corrected chi connectivity index (χ4v) is 3.23. The molecule has 3 rings (SSSR count). The Labute approximate surface area is 145 Å². The lowest BCUT2D eigenvalue weighted by atomic mass is 10.2. The molecule has 0 saturated carbocycles. The minimum atomic E-state index is -1.09. The highest BCUT2D eigenvalue weighted by molar-refractivity contribution is 8.16. The van der Waals surface area contributed by atoms with E-state index >= 15 is 0 Å². The molecule has 0 radical (unpaired) electrons. The third-order valence-corrected chi connectivity index (χ3v) is 4.38. The largest absolute Gasteiger partial charge is 0.481 e. The SMILES string of the molecule is O=C(O)CC1SC(=NN=Cc2ccco2)N(c2ccc(F)cc2)C1=O. The number of nitrogens with zero attached hydrogens (tertiary/aromatic N) is 3. The molecule has 1 amide bonds. The zero-order chi connectivity index (χ0) is 17.8. The van der Waals surface area contributed by atoms with Crippen molar-refractivity contribution in [3.8, 4) is 0 Å². The first kappa shape index (κ1) is 16.9. The Morgan fingerprint density at radius 1 is 1.36 bits per heavy atom. The van der Waals surface area contributed by atoms with Gasteiger partial charge < -0.3 is 9.52 Å². The molecular formula is C16H12FN3O4S. The van der Waals surface area contributed by atoms with Crippen LogP contribution >= 0.6 is 11.8 Å². The van der Waals surface area contributed by atoms with Crippen molar-refractivity contribution in [3.05, 3.63) is 54.2 Å². The van der Waals surface area contributed by atoms with Crippen LogP contribution in [-0.4, -0.2) is 33.6 Å². The summed E-state index contributed by atoms with van der Waals surface area (Å²) >= 11 is 0.999. The van der Waals surface area contributed by atoms with Gasteiger partial charge in [-0.25, -0.2) is 4.39 Å². The first-order chi connectivity index (χ1) is 12.0. The van der Waals surface area contributed by atoms with Gasteiger partial charge in [0.05, 0.1) is 24.6 Å². The number of hydrogen-bond donors (Lipinski definition) is 1. The fourth-order valence-electron chi connectivity index (χ4n) is 2.15. The summed E-state index contributed by atoms with van der Waals surface area (Å²) in [4.78, 5) is 24.7. The van der Waals surface area contributed by atoms with Crippen LogP contribution in [0.25, 0.3) is 0 Å². The third-order valence-electron chi connectivity index (χ3n) is 3.25. The number of hydrogen-bond acceptors (Lipinski definition) is 6. The molecule has 1 aliphatic rings. The predicted octanol–water partition coefficient (Wildman–Crippen LogP) is 2.73. The van der Waals surface area contributed by atoms with E-state index in [0.717, 1.165) is 11.8 Å². The molecule has 0 aliphatic carbocycles. The summed E-state index contributed by atoms with van der Waals surface area (Å²) in [5.74, 6) is -1.50. The van der Waals surface area contributed by atoms with Crippen LogP contribution in [-0.2, 0) is 9.59 Å². The number of carbonyl (C=O) groups is 2. The minimum Gasteiger partial charge on any atom is -0.481 e. The van der Waals surface area contributed by atoms with E-state index in [-0.39, 0.29) is 11.6 Å². The summed E-state index contributed by atoms with van der Waals surface area (Å²) in [6.45, 7) is 0. The fraction of sp³-hybridized carbons (Fsp3) is 0.125. The molecule has 1 aromatic heterocycles. The summed E-state index contributed by atoms with van der Waals surface area (Å²) < 4.78 is 18.2. The lowest BCUT2D eigenvalue weighted by Crippen LogP contribution is -2.32. The monoisotopic (exact) mass is 361 g/mol. The first-order valence-corrected chi connectivity index (χ1v) is 8.05. The van der Waals surface area contributed by atoms with E-state index in [1.165, 1.54) is 41.6 Å². The van der Waals surface area contributed by atoms with Gasteiger partial charge in [-0.1, -0.05) is 11.8 Å². The zero-order valence-corrected chi connectivity index (χ0v) is 13.5. The van der Waals surface area contributed by atoms with Crippen molar-refractivity contribution >= 4 is 40.7 Å². The Bertz CT molecular complexity index is 834. The van der Waals surface area contributed by atoms with Gasteiger partial charge in [0.1, 0.15) is 16.8 Å². The maximum atomic E-state index is 13.1. The summed E-state index contributed by atoms with van der Waals surface area (Å²) in [7, 11) is 0.